The molecule has 82 valence electrons. The van der Waals surface area contributed by atoms with E-state index in [1.54, 1.807) is 11.8 Å². The molecule has 1 fully saturated rings. The minimum absolute atomic E-state index is 0.235. The van der Waals surface area contributed by atoms with Gasteiger partial charge in [-0.05, 0) is 37.2 Å². The lowest BCUT2D eigenvalue weighted by Gasteiger charge is -2.28. The van der Waals surface area contributed by atoms with Crippen LogP contribution >= 0.6 is 11.8 Å². The fourth-order valence-corrected chi connectivity index (χ4v) is 2.74. The lowest BCUT2D eigenvalue weighted by Crippen LogP contribution is -2.51. The summed E-state index contributed by atoms with van der Waals surface area (Å²) >= 11 is 1.80. The maximum Gasteiger partial charge on any atom is 0.326 e. The molecular weight excluding hydrogens is 198 g/mol. The molecular formula is C10H19NO2S. The molecule has 0 radical (unpaired) electrons. The molecule has 2 atom stereocenters. The number of rotatable bonds is 4. The first-order valence-electron chi connectivity index (χ1n) is 5.01. The van der Waals surface area contributed by atoms with Crippen molar-refractivity contribution in [1.82, 2.24) is 0 Å². The summed E-state index contributed by atoms with van der Waals surface area (Å²) in [4.78, 5) is 11.6. The SMILES string of the molecule is COC(=O)C1(N)CCCC1CCSC. The zero-order valence-corrected chi connectivity index (χ0v) is 9.73. The van der Waals surface area contributed by atoms with Gasteiger partial charge in [0.05, 0.1) is 7.11 Å². The maximum absolute atomic E-state index is 11.6. The van der Waals surface area contributed by atoms with E-state index in [9.17, 15) is 4.79 Å². The Kier molecular flexibility index (Phi) is 4.26. The van der Waals surface area contributed by atoms with E-state index < -0.39 is 5.54 Å². The molecule has 0 bridgehead atoms. The third-order valence-corrected chi connectivity index (χ3v) is 3.75. The van der Waals surface area contributed by atoms with Crippen molar-refractivity contribution in [2.24, 2.45) is 11.7 Å². The van der Waals surface area contributed by atoms with Gasteiger partial charge in [-0.2, -0.15) is 11.8 Å². The first kappa shape index (κ1) is 11.9. The molecule has 0 aliphatic heterocycles. The number of hydrogen-bond donors (Lipinski definition) is 1. The smallest absolute Gasteiger partial charge is 0.326 e. The van der Waals surface area contributed by atoms with E-state index in [1.165, 1.54) is 7.11 Å². The molecule has 2 unspecified atom stereocenters. The van der Waals surface area contributed by atoms with E-state index in [4.69, 9.17) is 10.5 Å². The second-order valence-corrected chi connectivity index (χ2v) is 4.89. The Morgan fingerprint density at radius 2 is 2.43 bits per heavy atom. The monoisotopic (exact) mass is 217 g/mol. The van der Waals surface area contributed by atoms with Crippen LogP contribution in [-0.2, 0) is 9.53 Å². The molecule has 4 heteroatoms. The molecule has 0 aromatic rings. The number of methoxy groups -OCH3 is 1. The fourth-order valence-electron chi connectivity index (χ4n) is 2.22. The minimum Gasteiger partial charge on any atom is -0.468 e. The molecule has 1 rings (SSSR count). The van der Waals surface area contributed by atoms with Crippen molar-refractivity contribution in [3.8, 4) is 0 Å². The minimum atomic E-state index is -0.704. The predicted molar refractivity (Wildman–Crippen MR) is 59.3 cm³/mol. The van der Waals surface area contributed by atoms with Crippen molar-refractivity contribution in [3.63, 3.8) is 0 Å². The van der Waals surface area contributed by atoms with Crippen molar-refractivity contribution in [3.05, 3.63) is 0 Å². The highest BCUT2D eigenvalue weighted by molar-refractivity contribution is 7.98. The van der Waals surface area contributed by atoms with Crippen molar-refractivity contribution in [2.45, 2.75) is 31.2 Å². The molecule has 0 aromatic carbocycles. The molecule has 0 heterocycles. The lowest BCUT2D eigenvalue weighted by atomic mass is 9.86. The summed E-state index contributed by atoms with van der Waals surface area (Å²) in [5.41, 5.74) is 5.41. The highest BCUT2D eigenvalue weighted by Gasteiger charge is 2.46. The second-order valence-electron chi connectivity index (χ2n) is 3.90. The Labute approximate surface area is 89.8 Å². The molecule has 3 nitrogen and oxygen atoms in total. The van der Waals surface area contributed by atoms with Gasteiger partial charge in [-0.1, -0.05) is 6.42 Å². The summed E-state index contributed by atoms with van der Waals surface area (Å²) in [5.74, 6) is 1.14. The molecule has 0 aromatic heterocycles. The highest BCUT2D eigenvalue weighted by Crippen LogP contribution is 2.37. The van der Waals surface area contributed by atoms with E-state index in [-0.39, 0.29) is 5.97 Å². The third-order valence-electron chi connectivity index (χ3n) is 3.11. The van der Waals surface area contributed by atoms with Crippen LogP contribution in [0.5, 0.6) is 0 Å². The van der Waals surface area contributed by atoms with E-state index in [0.29, 0.717) is 5.92 Å². The van der Waals surface area contributed by atoms with Crippen LogP contribution in [0.15, 0.2) is 0 Å². The highest BCUT2D eigenvalue weighted by atomic mass is 32.2. The molecule has 14 heavy (non-hydrogen) atoms. The van der Waals surface area contributed by atoms with Gasteiger partial charge in [0, 0.05) is 0 Å². The van der Waals surface area contributed by atoms with Crippen LogP contribution in [0.2, 0.25) is 0 Å². The Morgan fingerprint density at radius 1 is 1.71 bits per heavy atom. The van der Waals surface area contributed by atoms with Crippen LogP contribution in [0.3, 0.4) is 0 Å². The number of hydrogen-bond acceptors (Lipinski definition) is 4. The van der Waals surface area contributed by atoms with Gasteiger partial charge < -0.3 is 10.5 Å². The van der Waals surface area contributed by atoms with Crippen LogP contribution in [0.1, 0.15) is 25.7 Å². The predicted octanol–water partition coefficient (Wildman–Crippen LogP) is 1.41. The summed E-state index contributed by atoms with van der Waals surface area (Å²) in [7, 11) is 1.42. The molecule has 0 spiro atoms. The van der Waals surface area contributed by atoms with Crippen molar-refractivity contribution >= 4 is 17.7 Å². The first-order chi connectivity index (χ1) is 6.65. The van der Waals surface area contributed by atoms with Gasteiger partial charge in [-0.3, -0.25) is 4.79 Å². The van der Waals surface area contributed by atoms with Gasteiger partial charge in [-0.25, -0.2) is 0 Å². The van der Waals surface area contributed by atoms with Gasteiger partial charge in [0.1, 0.15) is 5.54 Å². The molecule has 0 amide bonds. The normalized spacial score (nSPS) is 31.8. The van der Waals surface area contributed by atoms with E-state index in [0.717, 1.165) is 31.4 Å². The number of thioether (sulfide) groups is 1. The van der Waals surface area contributed by atoms with Gasteiger partial charge in [0.25, 0.3) is 0 Å². The number of nitrogens with two attached hydrogens (primary N) is 1. The fraction of sp³-hybridized carbons (Fsp3) is 0.900. The van der Waals surface area contributed by atoms with E-state index in [1.807, 2.05) is 0 Å². The summed E-state index contributed by atoms with van der Waals surface area (Å²) in [6, 6.07) is 0. The quantitative estimate of drug-likeness (QED) is 0.723. The summed E-state index contributed by atoms with van der Waals surface area (Å²) < 4.78 is 4.78. The molecule has 1 aliphatic carbocycles. The summed E-state index contributed by atoms with van der Waals surface area (Å²) in [6.45, 7) is 0. The van der Waals surface area contributed by atoms with Crippen LogP contribution < -0.4 is 5.73 Å². The second kappa shape index (κ2) is 5.03. The molecule has 2 N–H and O–H groups in total. The molecule has 1 aliphatic rings. The Balaban J connectivity index is 2.60. The summed E-state index contributed by atoms with van der Waals surface area (Å²) in [6.07, 6.45) is 5.98. The van der Waals surface area contributed by atoms with Crippen LogP contribution in [-0.4, -0.2) is 30.6 Å². The number of ether oxygens (including phenoxy) is 1. The standard InChI is InChI=1S/C10H19NO2S/c1-13-9(12)10(11)6-3-4-8(10)5-7-14-2/h8H,3-7,11H2,1-2H3. The van der Waals surface area contributed by atoms with Crippen LogP contribution in [0.25, 0.3) is 0 Å². The molecule has 1 saturated carbocycles. The van der Waals surface area contributed by atoms with Gasteiger partial charge in [0.2, 0.25) is 0 Å². The zero-order valence-electron chi connectivity index (χ0n) is 8.91. The third kappa shape index (κ3) is 2.23. The number of carbonyl (C=O) groups is 1. The van der Waals surface area contributed by atoms with E-state index >= 15 is 0 Å². The maximum atomic E-state index is 11.6. The Morgan fingerprint density at radius 3 is 3.00 bits per heavy atom. The van der Waals surface area contributed by atoms with Gasteiger partial charge in [0.15, 0.2) is 0 Å². The van der Waals surface area contributed by atoms with Gasteiger partial charge >= 0.3 is 5.97 Å². The zero-order chi connectivity index (χ0) is 10.6. The van der Waals surface area contributed by atoms with Crippen LogP contribution in [0.4, 0.5) is 0 Å². The van der Waals surface area contributed by atoms with Crippen molar-refractivity contribution in [1.29, 1.82) is 0 Å². The first-order valence-corrected chi connectivity index (χ1v) is 6.40. The van der Waals surface area contributed by atoms with Crippen LogP contribution in [0, 0.1) is 5.92 Å². The average Bonchev–Trinajstić information content (AvgIpc) is 2.57. The van der Waals surface area contributed by atoms with Crippen molar-refractivity contribution in [2.75, 3.05) is 19.1 Å². The number of carbonyl (C=O) groups excluding carboxylic acids is 1. The van der Waals surface area contributed by atoms with Crippen molar-refractivity contribution < 1.29 is 9.53 Å². The number of esters is 1. The molecule has 0 saturated heterocycles. The lowest BCUT2D eigenvalue weighted by molar-refractivity contribution is -0.148. The Hall–Kier alpha value is -0.220. The Bertz CT molecular complexity index is 210. The largest absolute Gasteiger partial charge is 0.468 e. The topological polar surface area (TPSA) is 52.3 Å². The average molecular weight is 217 g/mol. The van der Waals surface area contributed by atoms with E-state index in [2.05, 4.69) is 6.26 Å². The van der Waals surface area contributed by atoms with Gasteiger partial charge in [-0.15, -0.1) is 0 Å². The summed E-state index contributed by atoms with van der Waals surface area (Å²) in [5, 5.41) is 0.